The summed E-state index contributed by atoms with van der Waals surface area (Å²) in [6.07, 6.45) is 3.59. The first-order chi connectivity index (χ1) is 18.0. The van der Waals surface area contributed by atoms with Crippen molar-refractivity contribution in [3.63, 3.8) is 0 Å². The normalized spacial score (nSPS) is 18.2. The third-order valence-corrected chi connectivity index (χ3v) is 7.96. The number of thioether (sulfide) groups is 1. The van der Waals surface area contributed by atoms with E-state index in [9.17, 15) is 9.59 Å². The van der Waals surface area contributed by atoms with Crippen molar-refractivity contribution in [2.75, 3.05) is 37.6 Å². The van der Waals surface area contributed by atoms with E-state index in [2.05, 4.69) is 30.0 Å². The maximum Gasteiger partial charge on any atom is 0.289 e. The van der Waals surface area contributed by atoms with E-state index < -0.39 is 0 Å². The Morgan fingerprint density at radius 3 is 2.46 bits per heavy atom. The number of hydrogen-bond donors (Lipinski definition) is 0. The SMILES string of the molecule is CC(=O)N1CCN(C(=O)c2ccc(CSc3nc(-c4ccccc4)cc(N4CCCCC4C)n3)o2)CC1. The lowest BCUT2D eigenvalue weighted by molar-refractivity contribution is -0.130. The van der Waals surface area contributed by atoms with Crippen LogP contribution < -0.4 is 4.90 Å². The van der Waals surface area contributed by atoms with Crippen LogP contribution in [0, 0.1) is 0 Å². The summed E-state index contributed by atoms with van der Waals surface area (Å²) in [4.78, 5) is 40.1. The molecule has 0 saturated carbocycles. The Morgan fingerprint density at radius 2 is 1.73 bits per heavy atom. The van der Waals surface area contributed by atoms with Crippen molar-refractivity contribution >= 4 is 29.4 Å². The van der Waals surface area contributed by atoms with Crippen molar-refractivity contribution in [1.29, 1.82) is 0 Å². The summed E-state index contributed by atoms with van der Waals surface area (Å²) in [6.45, 7) is 6.96. The minimum atomic E-state index is -0.136. The lowest BCUT2D eigenvalue weighted by Crippen LogP contribution is -2.50. The maximum absolute atomic E-state index is 12.9. The molecular formula is C28H33N5O3S. The highest BCUT2D eigenvalue weighted by Crippen LogP contribution is 2.30. The number of rotatable bonds is 6. The van der Waals surface area contributed by atoms with E-state index in [1.54, 1.807) is 22.8 Å². The van der Waals surface area contributed by atoms with Crippen LogP contribution >= 0.6 is 11.8 Å². The van der Waals surface area contributed by atoms with E-state index in [1.807, 2.05) is 24.3 Å². The third kappa shape index (κ3) is 5.98. The van der Waals surface area contributed by atoms with E-state index >= 15 is 0 Å². The number of piperidine rings is 1. The average Bonchev–Trinajstić information content (AvgIpc) is 3.41. The van der Waals surface area contributed by atoms with E-state index in [-0.39, 0.29) is 11.8 Å². The van der Waals surface area contributed by atoms with Crippen LogP contribution in [0.1, 0.15) is 49.4 Å². The highest BCUT2D eigenvalue weighted by Gasteiger charge is 2.25. The molecular weight excluding hydrogens is 486 g/mol. The van der Waals surface area contributed by atoms with Gasteiger partial charge in [0.1, 0.15) is 11.6 Å². The van der Waals surface area contributed by atoms with Gasteiger partial charge in [0.2, 0.25) is 5.91 Å². The number of anilines is 1. The molecule has 0 spiro atoms. The van der Waals surface area contributed by atoms with E-state index in [4.69, 9.17) is 14.4 Å². The van der Waals surface area contributed by atoms with Crippen molar-refractivity contribution < 1.29 is 14.0 Å². The number of benzene rings is 1. The van der Waals surface area contributed by atoms with Crippen LogP contribution in [0.3, 0.4) is 0 Å². The Hall–Kier alpha value is -3.33. The van der Waals surface area contributed by atoms with Gasteiger partial charge in [0.05, 0.1) is 11.4 Å². The summed E-state index contributed by atoms with van der Waals surface area (Å²) in [7, 11) is 0. The number of carbonyl (C=O) groups is 2. The molecule has 1 aromatic carbocycles. The maximum atomic E-state index is 12.9. The molecule has 1 atom stereocenters. The molecule has 4 heterocycles. The van der Waals surface area contributed by atoms with Gasteiger partial charge in [-0.25, -0.2) is 9.97 Å². The molecule has 194 valence electrons. The fourth-order valence-electron chi connectivity index (χ4n) is 4.91. The lowest BCUT2D eigenvalue weighted by atomic mass is 10.0. The Morgan fingerprint density at radius 1 is 0.973 bits per heavy atom. The van der Waals surface area contributed by atoms with Crippen molar-refractivity contribution in [1.82, 2.24) is 19.8 Å². The summed E-state index contributed by atoms with van der Waals surface area (Å²) in [5.41, 5.74) is 1.97. The van der Waals surface area contributed by atoms with Crippen molar-refractivity contribution in [2.45, 2.75) is 50.1 Å². The first-order valence-electron chi connectivity index (χ1n) is 13.0. The average molecular weight is 520 g/mol. The number of nitrogens with zero attached hydrogens (tertiary/aromatic N) is 5. The molecule has 5 rings (SSSR count). The fourth-order valence-corrected chi connectivity index (χ4v) is 5.65. The van der Waals surface area contributed by atoms with Crippen LogP contribution in [0.15, 0.2) is 58.1 Å². The second-order valence-electron chi connectivity index (χ2n) is 9.65. The standard InChI is InChI=1S/C28H33N5O3S/c1-20-8-6-7-13-33(20)26-18-24(22-9-4-3-5-10-22)29-28(30-26)37-19-23-11-12-25(36-23)27(35)32-16-14-31(15-17-32)21(2)34/h3-5,9-12,18,20H,6-8,13-17,19H2,1-2H3. The molecule has 2 fully saturated rings. The van der Waals surface area contributed by atoms with Crippen LogP contribution in [0.25, 0.3) is 11.3 Å². The molecule has 2 saturated heterocycles. The minimum absolute atomic E-state index is 0.0425. The molecule has 0 aliphatic carbocycles. The van der Waals surface area contributed by atoms with Gasteiger partial charge in [-0.15, -0.1) is 0 Å². The van der Waals surface area contributed by atoms with E-state index in [1.165, 1.54) is 31.0 Å². The first-order valence-corrected chi connectivity index (χ1v) is 13.9. The highest BCUT2D eigenvalue weighted by atomic mass is 32.2. The monoisotopic (exact) mass is 519 g/mol. The number of furan rings is 1. The lowest BCUT2D eigenvalue weighted by Gasteiger charge is -2.34. The zero-order valence-corrected chi connectivity index (χ0v) is 22.2. The zero-order chi connectivity index (χ0) is 25.8. The number of amides is 2. The molecule has 0 bridgehead atoms. The number of piperazine rings is 1. The van der Waals surface area contributed by atoms with Gasteiger partial charge in [0.15, 0.2) is 10.9 Å². The number of hydrogen-bond acceptors (Lipinski definition) is 7. The van der Waals surface area contributed by atoms with Gasteiger partial charge in [0, 0.05) is 57.3 Å². The number of aromatic nitrogens is 2. The molecule has 9 heteroatoms. The van der Waals surface area contributed by atoms with Crippen LogP contribution in [-0.4, -0.2) is 70.3 Å². The predicted molar refractivity (Wildman–Crippen MR) is 145 cm³/mol. The molecule has 2 aliphatic heterocycles. The van der Waals surface area contributed by atoms with Gasteiger partial charge in [-0.3, -0.25) is 9.59 Å². The second-order valence-corrected chi connectivity index (χ2v) is 10.6. The fraction of sp³-hybridized carbons (Fsp3) is 0.429. The van der Waals surface area contributed by atoms with Gasteiger partial charge >= 0.3 is 0 Å². The first kappa shape index (κ1) is 25.3. The Kier molecular flexibility index (Phi) is 7.79. The molecule has 37 heavy (non-hydrogen) atoms. The summed E-state index contributed by atoms with van der Waals surface area (Å²) in [6, 6.07) is 16.3. The summed E-state index contributed by atoms with van der Waals surface area (Å²) in [5, 5.41) is 0.693. The Bertz CT molecular complexity index is 1240. The molecule has 0 N–H and O–H groups in total. The van der Waals surface area contributed by atoms with Crippen molar-refractivity contribution in [2.24, 2.45) is 0 Å². The molecule has 2 aliphatic rings. The topological polar surface area (TPSA) is 82.8 Å². The molecule has 2 aromatic heterocycles. The summed E-state index contributed by atoms with van der Waals surface area (Å²) >= 11 is 1.51. The molecule has 0 radical (unpaired) electrons. The molecule has 1 unspecified atom stereocenters. The molecule has 3 aromatic rings. The summed E-state index contributed by atoms with van der Waals surface area (Å²) in [5.74, 6) is 2.43. The smallest absolute Gasteiger partial charge is 0.289 e. The van der Waals surface area contributed by atoms with Gasteiger partial charge in [-0.2, -0.15) is 0 Å². The zero-order valence-electron chi connectivity index (χ0n) is 21.4. The van der Waals surface area contributed by atoms with Crippen LogP contribution in [0.2, 0.25) is 0 Å². The number of carbonyl (C=O) groups excluding carboxylic acids is 2. The predicted octanol–water partition coefficient (Wildman–Crippen LogP) is 4.71. The van der Waals surface area contributed by atoms with Gasteiger partial charge < -0.3 is 19.1 Å². The van der Waals surface area contributed by atoms with Crippen LogP contribution in [-0.2, 0) is 10.5 Å². The quantitative estimate of drug-likeness (QED) is 0.344. The van der Waals surface area contributed by atoms with E-state index in [0.717, 1.165) is 23.6 Å². The van der Waals surface area contributed by atoms with Crippen LogP contribution in [0.4, 0.5) is 5.82 Å². The second kappa shape index (κ2) is 11.4. The van der Waals surface area contributed by atoms with Gasteiger partial charge in [-0.05, 0) is 38.3 Å². The largest absolute Gasteiger partial charge is 0.455 e. The molecule has 8 nitrogen and oxygen atoms in total. The van der Waals surface area contributed by atoms with E-state index in [0.29, 0.717) is 54.7 Å². The van der Waals surface area contributed by atoms with Crippen LogP contribution in [0.5, 0.6) is 0 Å². The third-order valence-electron chi connectivity index (χ3n) is 7.09. The van der Waals surface area contributed by atoms with Gasteiger partial charge in [-0.1, -0.05) is 42.1 Å². The van der Waals surface area contributed by atoms with Gasteiger partial charge in [0.25, 0.3) is 5.91 Å². The minimum Gasteiger partial charge on any atom is -0.455 e. The Labute approximate surface area is 222 Å². The van der Waals surface area contributed by atoms with Crippen molar-refractivity contribution in [3.8, 4) is 11.3 Å². The van der Waals surface area contributed by atoms with Crippen molar-refractivity contribution in [3.05, 3.63) is 60.1 Å². The Balaban J connectivity index is 1.29. The highest BCUT2D eigenvalue weighted by molar-refractivity contribution is 7.98. The molecule has 2 amide bonds. The summed E-state index contributed by atoms with van der Waals surface area (Å²) < 4.78 is 5.91.